The number of benzene rings is 3. The van der Waals surface area contributed by atoms with Gasteiger partial charge in [0.1, 0.15) is 0 Å². The van der Waals surface area contributed by atoms with E-state index in [-0.39, 0.29) is 36.6 Å². The van der Waals surface area contributed by atoms with Crippen molar-refractivity contribution in [3.05, 3.63) is 103 Å². The Morgan fingerprint density at radius 1 is 0.846 bits per heavy atom. The maximum atomic E-state index is 13.5. The lowest BCUT2D eigenvalue weighted by Gasteiger charge is -2.39. The number of amides is 6. The summed E-state index contributed by atoms with van der Waals surface area (Å²) < 4.78 is 0. The lowest BCUT2D eigenvalue weighted by atomic mass is 9.80. The molecule has 3 aromatic carbocycles. The third-order valence-electron chi connectivity index (χ3n) is 8.78. The van der Waals surface area contributed by atoms with Crippen LogP contribution in [0.4, 0.5) is 21.0 Å². The Morgan fingerprint density at radius 2 is 1.54 bits per heavy atom. The molecule has 1 aliphatic heterocycles. The number of ketones is 1. The van der Waals surface area contributed by atoms with Crippen LogP contribution in [0.3, 0.4) is 0 Å². The van der Waals surface area contributed by atoms with Gasteiger partial charge in [-0.1, -0.05) is 61.4 Å². The molecule has 1 aromatic heterocycles. The van der Waals surface area contributed by atoms with E-state index in [0.29, 0.717) is 40.9 Å². The SMILES string of the molecule is C=CC1CN(C(=O)c2ccccc2)CCN1C(=O)C(=O)c1c[nH]c2c(NC(=O)NCCCCCCNC(=O)Nc3cccc(B(O)O)c3)cccc12. The summed E-state index contributed by atoms with van der Waals surface area (Å²) >= 11 is 0. The molecule has 0 aliphatic carbocycles. The average molecular weight is 708 g/mol. The number of Topliss-reactive ketones (excluding diaryl/α,β-unsaturated/α-hetero) is 1. The predicted octanol–water partition coefficient (Wildman–Crippen LogP) is 3.07. The van der Waals surface area contributed by atoms with E-state index in [2.05, 4.69) is 32.8 Å². The van der Waals surface area contributed by atoms with Crippen LogP contribution in [0, 0.1) is 0 Å². The lowest BCUT2D eigenvalue weighted by Crippen LogP contribution is -2.57. The van der Waals surface area contributed by atoms with Gasteiger partial charge in [-0.25, -0.2) is 9.59 Å². The van der Waals surface area contributed by atoms with Crippen LogP contribution >= 0.6 is 0 Å². The highest BCUT2D eigenvalue weighted by atomic mass is 16.4. The highest BCUT2D eigenvalue weighted by molar-refractivity contribution is 6.58. The molecule has 1 aliphatic rings. The number of carbonyl (C=O) groups excluding carboxylic acids is 5. The molecule has 270 valence electrons. The van der Waals surface area contributed by atoms with Crippen molar-refractivity contribution in [2.24, 2.45) is 0 Å². The lowest BCUT2D eigenvalue weighted by molar-refractivity contribution is -0.129. The predicted molar refractivity (Wildman–Crippen MR) is 199 cm³/mol. The molecule has 0 saturated carbocycles. The fraction of sp³-hybridized carbons (Fsp3) is 0.270. The normalized spacial score (nSPS) is 14.0. The first-order valence-corrected chi connectivity index (χ1v) is 17.1. The highest BCUT2D eigenvalue weighted by Crippen LogP contribution is 2.27. The van der Waals surface area contributed by atoms with Gasteiger partial charge < -0.3 is 46.1 Å². The first-order valence-electron chi connectivity index (χ1n) is 17.1. The Bertz CT molecular complexity index is 1920. The Morgan fingerprint density at radius 3 is 2.23 bits per heavy atom. The molecular weight excluding hydrogens is 665 g/mol. The molecular formula is C37H42BN7O7. The van der Waals surface area contributed by atoms with Crippen molar-refractivity contribution in [1.29, 1.82) is 0 Å². The number of nitrogens with one attached hydrogen (secondary N) is 5. The number of hydrogen-bond donors (Lipinski definition) is 7. The summed E-state index contributed by atoms with van der Waals surface area (Å²) in [7, 11) is -1.62. The molecule has 15 heteroatoms. The number of rotatable bonds is 14. The number of hydrogen-bond acceptors (Lipinski definition) is 7. The van der Waals surface area contributed by atoms with Crippen molar-refractivity contribution in [2.45, 2.75) is 31.7 Å². The van der Waals surface area contributed by atoms with Gasteiger partial charge in [0.25, 0.3) is 17.6 Å². The zero-order valence-corrected chi connectivity index (χ0v) is 28.6. The van der Waals surface area contributed by atoms with Gasteiger partial charge in [-0.2, -0.15) is 0 Å². The van der Waals surface area contributed by atoms with Gasteiger partial charge in [0.2, 0.25) is 0 Å². The minimum absolute atomic E-state index is 0.148. The van der Waals surface area contributed by atoms with E-state index in [1.165, 1.54) is 17.2 Å². The quantitative estimate of drug-likeness (QED) is 0.0344. The number of nitrogens with zero attached hydrogens (tertiary/aromatic N) is 2. The molecule has 0 spiro atoms. The third-order valence-corrected chi connectivity index (χ3v) is 8.78. The Balaban J connectivity index is 1.04. The van der Waals surface area contributed by atoms with Gasteiger partial charge >= 0.3 is 19.2 Å². The number of fused-ring (bicyclic) bond motifs is 1. The van der Waals surface area contributed by atoms with Crippen LogP contribution in [0.1, 0.15) is 46.4 Å². The maximum Gasteiger partial charge on any atom is 0.488 e. The molecule has 0 bridgehead atoms. The van der Waals surface area contributed by atoms with E-state index < -0.39 is 36.9 Å². The zero-order chi connectivity index (χ0) is 37.0. The summed E-state index contributed by atoms with van der Waals surface area (Å²) in [6.45, 7) is 5.41. The number of H-pyrrole nitrogens is 1. The summed E-state index contributed by atoms with van der Waals surface area (Å²) in [4.78, 5) is 70.9. The average Bonchev–Trinajstić information content (AvgIpc) is 3.60. The summed E-state index contributed by atoms with van der Waals surface area (Å²) in [6, 6.07) is 18.9. The van der Waals surface area contributed by atoms with E-state index in [4.69, 9.17) is 0 Å². The second kappa shape index (κ2) is 17.8. The second-order valence-corrected chi connectivity index (χ2v) is 12.4. The molecule has 14 nitrogen and oxygen atoms in total. The van der Waals surface area contributed by atoms with Crippen LogP contribution in [-0.4, -0.2) is 100 Å². The fourth-order valence-electron chi connectivity index (χ4n) is 6.03. The van der Waals surface area contributed by atoms with Gasteiger partial charge in [-0.3, -0.25) is 14.4 Å². The summed E-state index contributed by atoms with van der Waals surface area (Å²) in [5.74, 6) is -1.55. The summed E-state index contributed by atoms with van der Waals surface area (Å²) in [5, 5.41) is 30.1. The first kappa shape index (κ1) is 37.3. The van der Waals surface area contributed by atoms with E-state index in [9.17, 15) is 34.0 Å². The molecule has 5 rings (SSSR count). The van der Waals surface area contributed by atoms with Gasteiger partial charge in [0, 0.05) is 55.6 Å². The minimum Gasteiger partial charge on any atom is -0.423 e. The molecule has 1 fully saturated rings. The van der Waals surface area contributed by atoms with E-state index in [0.717, 1.165) is 25.7 Å². The zero-order valence-electron chi connectivity index (χ0n) is 28.6. The van der Waals surface area contributed by atoms with Crippen LogP contribution in [0.5, 0.6) is 0 Å². The van der Waals surface area contributed by atoms with Gasteiger partial charge in [-0.15, -0.1) is 6.58 Å². The molecule has 1 unspecified atom stereocenters. The van der Waals surface area contributed by atoms with Crippen molar-refractivity contribution in [3.8, 4) is 0 Å². The van der Waals surface area contributed by atoms with E-state index in [1.807, 2.05) is 6.07 Å². The van der Waals surface area contributed by atoms with Crippen molar-refractivity contribution in [2.75, 3.05) is 43.4 Å². The Kier molecular flexibility index (Phi) is 12.8. The van der Waals surface area contributed by atoms with Gasteiger partial charge in [-0.05, 0) is 48.6 Å². The number of urea groups is 2. The number of anilines is 2. The third kappa shape index (κ3) is 9.44. The largest absolute Gasteiger partial charge is 0.488 e. The first-order chi connectivity index (χ1) is 25.2. The maximum absolute atomic E-state index is 13.5. The van der Waals surface area contributed by atoms with Crippen molar-refractivity contribution in [3.63, 3.8) is 0 Å². The molecule has 2 heterocycles. The second-order valence-electron chi connectivity index (χ2n) is 12.4. The fourth-order valence-corrected chi connectivity index (χ4v) is 6.03. The van der Waals surface area contributed by atoms with Crippen LogP contribution in [0.15, 0.2) is 91.6 Å². The summed E-state index contributed by atoms with van der Waals surface area (Å²) in [5.41, 5.74) is 2.41. The Hall–Kier alpha value is -5.93. The minimum atomic E-state index is -1.62. The number of unbranched alkanes of at least 4 members (excludes halogenated alkanes) is 3. The molecule has 6 amide bonds. The number of aromatic nitrogens is 1. The number of piperazine rings is 1. The van der Waals surface area contributed by atoms with E-state index in [1.54, 1.807) is 71.6 Å². The van der Waals surface area contributed by atoms with Gasteiger partial charge in [0.05, 0.1) is 22.8 Å². The molecule has 1 saturated heterocycles. The van der Waals surface area contributed by atoms with Crippen LogP contribution in [-0.2, 0) is 4.79 Å². The molecule has 0 radical (unpaired) electrons. The van der Waals surface area contributed by atoms with Crippen LogP contribution < -0.4 is 26.7 Å². The van der Waals surface area contributed by atoms with Crippen LogP contribution in [0.2, 0.25) is 0 Å². The van der Waals surface area contributed by atoms with Crippen molar-refractivity contribution < 1.29 is 34.0 Å². The highest BCUT2D eigenvalue weighted by Gasteiger charge is 2.35. The van der Waals surface area contributed by atoms with E-state index >= 15 is 0 Å². The number of carbonyl (C=O) groups is 5. The summed E-state index contributed by atoms with van der Waals surface area (Å²) in [6.07, 6.45) is 6.17. The topological polar surface area (TPSA) is 196 Å². The van der Waals surface area contributed by atoms with Gasteiger partial charge in [0.15, 0.2) is 0 Å². The number of aromatic amines is 1. The molecule has 1 atom stereocenters. The standard InChI is InChI=1S/C37H42BN7O7/c1-2-28-24-44(34(47)25-12-6-5-7-13-25)20-21-45(28)35(48)33(46)30-23-41-32-29(30)16-11-17-31(32)43-37(50)40-19-9-4-3-8-18-39-36(49)42-27-15-10-14-26(22-27)38(51)52/h2,5-7,10-17,22-23,28,41,51-52H,1,3-4,8-9,18-21,24H2,(H2,39,42,49)(H2,40,43,50). The number of para-hydroxylation sites is 1. The monoisotopic (exact) mass is 707 g/mol. The smallest absolute Gasteiger partial charge is 0.423 e. The molecule has 52 heavy (non-hydrogen) atoms. The Labute approximate surface area is 301 Å². The van der Waals surface area contributed by atoms with Crippen LogP contribution in [0.25, 0.3) is 10.9 Å². The van der Waals surface area contributed by atoms with Crippen molar-refractivity contribution in [1.82, 2.24) is 25.4 Å². The molecule has 7 N–H and O–H groups in total. The molecule has 4 aromatic rings. The van der Waals surface area contributed by atoms with Crippen molar-refractivity contribution >= 4 is 64.5 Å².